The minimum Gasteiger partial charge on any atom is -0.465 e. The zero-order valence-electron chi connectivity index (χ0n) is 17.0. The van der Waals surface area contributed by atoms with Gasteiger partial charge in [0.2, 0.25) is 0 Å². The predicted octanol–water partition coefficient (Wildman–Crippen LogP) is 4.18. The lowest BCUT2D eigenvalue weighted by Gasteiger charge is -2.40. The highest BCUT2D eigenvalue weighted by atomic mass is 19.1. The maximum Gasteiger partial charge on any atom is 0.404 e. The lowest BCUT2D eigenvalue weighted by Crippen LogP contribution is -2.45. The summed E-state index contributed by atoms with van der Waals surface area (Å²) in [6.07, 6.45) is 1.06. The summed E-state index contributed by atoms with van der Waals surface area (Å²) in [7, 11) is 0. The molecule has 0 spiro atoms. The molecule has 4 N–H and O–H groups in total. The summed E-state index contributed by atoms with van der Waals surface area (Å²) in [4.78, 5) is 10.8. The van der Waals surface area contributed by atoms with Crippen LogP contribution < -0.4 is 10.6 Å². The van der Waals surface area contributed by atoms with Crippen molar-refractivity contribution in [1.29, 1.82) is 0 Å². The van der Waals surface area contributed by atoms with Gasteiger partial charge in [-0.1, -0.05) is 23.8 Å². The minimum absolute atomic E-state index is 0.0676. The molecule has 3 rings (SSSR count). The van der Waals surface area contributed by atoms with Crippen LogP contribution in [0.25, 0.3) is 11.1 Å². The normalized spacial score (nSPS) is 18.6. The SMILES string of the molecule is Cc1ccc(F)c(-c2c(F)cccc2[C@](O)(CCCNC(=O)O)C2CCCNC2)c1. The predicted molar refractivity (Wildman–Crippen MR) is 111 cm³/mol. The number of rotatable bonds is 7. The second kappa shape index (κ2) is 9.53. The summed E-state index contributed by atoms with van der Waals surface area (Å²) >= 11 is 0. The summed E-state index contributed by atoms with van der Waals surface area (Å²) in [5.41, 5.74) is -0.113. The average Bonchev–Trinajstić information content (AvgIpc) is 2.73. The molecular weight excluding hydrogens is 390 g/mol. The molecular formula is C23H28F2N2O3. The van der Waals surface area contributed by atoms with Crippen LogP contribution >= 0.6 is 0 Å². The van der Waals surface area contributed by atoms with E-state index >= 15 is 4.39 Å². The maximum absolute atomic E-state index is 15.1. The average molecular weight is 418 g/mol. The summed E-state index contributed by atoms with van der Waals surface area (Å²) in [5, 5.41) is 26.3. The zero-order chi connectivity index (χ0) is 21.7. The number of hydrogen-bond donors (Lipinski definition) is 4. The first-order valence-electron chi connectivity index (χ1n) is 10.3. The molecule has 1 aliphatic heterocycles. The van der Waals surface area contributed by atoms with E-state index in [-0.39, 0.29) is 30.0 Å². The highest BCUT2D eigenvalue weighted by Gasteiger charge is 2.41. The van der Waals surface area contributed by atoms with Gasteiger partial charge in [0.05, 0.1) is 5.60 Å². The summed E-state index contributed by atoms with van der Waals surface area (Å²) < 4.78 is 29.8. The molecule has 1 amide bonds. The van der Waals surface area contributed by atoms with Crippen molar-refractivity contribution in [3.8, 4) is 11.1 Å². The van der Waals surface area contributed by atoms with Crippen molar-refractivity contribution >= 4 is 6.09 Å². The molecule has 0 radical (unpaired) electrons. The number of carboxylic acid groups (broad SMARTS) is 1. The van der Waals surface area contributed by atoms with Crippen LogP contribution in [0.4, 0.5) is 13.6 Å². The van der Waals surface area contributed by atoms with Gasteiger partial charge in [-0.2, -0.15) is 0 Å². The van der Waals surface area contributed by atoms with Gasteiger partial charge < -0.3 is 20.8 Å². The van der Waals surface area contributed by atoms with Crippen LogP contribution in [0, 0.1) is 24.5 Å². The zero-order valence-corrected chi connectivity index (χ0v) is 17.0. The highest BCUT2D eigenvalue weighted by molar-refractivity contribution is 5.70. The lowest BCUT2D eigenvalue weighted by molar-refractivity contribution is -0.0417. The first-order valence-corrected chi connectivity index (χ1v) is 10.3. The molecule has 1 saturated heterocycles. The van der Waals surface area contributed by atoms with Crippen LogP contribution in [-0.2, 0) is 5.60 Å². The third-order valence-corrected chi connectivity index (χ3v) is 5.85. The molecule has 0 saturated carbocycles. The van der Waals surface area contributed by atoms with Crippen molar-refractivity contribution in [2.45, 2.75) is 38.2 Å². The van der Waals surface area contributed by atoms with E-state index in [1.807, 2.05) is 0 Å². The number of piperidine rings is 1. The van der Waals surface area contributed by atoms with Crippen molar-refractivity contribution < 1.29 is 23.8 Å². The molecule has 1 heterocycles. The van der Waals surface area contributed by atoms with Crippen molar-refractivity contribution in [3.05, 3.63) is 59.2 Å². The molecule has 1 unspecified atom stereocenters. The highest BCUT2D eigenvalue weighted by Crippen LogP contribution is 2.43. The van der Waals surface area contributed by atoms with E-state index in [4.69, 9.17) is 5.11 Å². The van der Waals surface area contributed by atoms with Gasteiger partial charge in [-0.3, -0.25) is 0 Å². The second-order valence-corrected chi connectivity index (χ2v) is 7.95. The van der Waals surface area contributed by atoms with E-state index in [1.165, 1.54) is 18.2 Å². The van der Waals surface area contributed by atoms with Gasteiger partial charge in [-0.05, 0) is 62.9 Å². The molecule has 2 atom stereocenters. The number of hydrogen-bond acceptors (Lipinski definition) is 3. The molecule has 1 aliphatic rings. The Hall–Kier alpha value is -2.51. The fraction of sp³-hybridized carbons (Fsp3) is 0.435. The minimum atomic E-state index is -1.43. The van der Waals surface area contributed by atoms with Crippen molar-refractivity contribution in [3.63, 3.8) is 0 Å². The van der Waals surface area contributed by atoms with Crippen molar-refractivity contribution in [1.82, 2.24) is 10.6 Å². The summed E-state index contributed by atoms with van der Waals surface area (Å²) in [6, 6.07) is 8.96. The molecule has 2 aromatic carbocycles. The first kappa shape index (κ1) is 22.2. The Bertz CT molecular complexity index is 900. The molecule has 5 nitrogen and oxygen atoms in total. The van der Waals surface area contributed by atoms with E-state index in [2.05, 4.69) is 10.6 Å². The van der Waals surface area contributed by atoms with E-state index < -0.39 is 23.3 Å². The molecule has 30 heavy (non-hydrogen) atoms. The Morgan fingerprint density at radius 3 is 2.77 bits per heavy atom. The summed E-state index contributed by atoms with van der Waals surface area (Å²) in [6.45, 7) is 3.37. The number of amides is 1. The Balaban J connectivity index is 2.07. The van der Waals surface area contributed by atoms with Gasteiger partial charge >= 0.3 is 6.09 Å². The Labute approximate surface area is 175 Å². The van der Waals surface area contributed by atoms with E-state index in [0.29, 0.717) is 18.5 Å². The molecule has 0 aromatic heterocycles. The van der Waals surface area contributed by atoms with Gasteiger partial charge in [0.15, 0.2) is 0 Å². The van der Waals surface area contributed by atoms with Crippen LogP contribution in [0.5, 0.6) is 0 Å². The smallest absolute Gasteiger partial charge is 0.404 e. The van der Waals surface area contributed by atoms with Crippen LogP contribution in [0.1, 0.15) is 36.8 Å². The monoisotopic (exact) mass is 418 g/mol. The quantitative estimate of drug-likeness (QED) is 0.509. The first-order chi connectivity index (χ1) is 14.3. The van der Waals surface area contributed by atoms with Gasteiger partial charge in [0.1, 0.15) is 11.6 Å². The fourth-order valence-corrected chi connectivity index (χ4v) is 4.36. The number of carbonyl (C=O) groups is 1. The van der Waals surface area contributed by atoms with E-state index in [9.17, 15) is 14.3 Å². The Kier molecular flexibility index (Phi) is 7.05. The molecule has 2 aromatic rings. The number of aryl methyl sites for hydroxylation is 1. The number of benzene rings is 2. The molecule has 0 aliphatic carbocycles. The number of halogens is 2. The van der Waals surface area contributed by atoms with Gasteiger partial charge in [-0.15, -0.1) is 0 Å². The third kappa shape index (κ3) is 4.79. The standard InChI is InChI=1S/C23H28F2N2O3/c1-15-8-9-19(24)17(13-15)21-18(6-2-7-20(21)25)23(30,10-4-12-27-22(28)29)16-5-3-11-26-14-16/h2,6-9,13,16,26-27,30H,3-5,10-12,14H2,1H3,(H,28,29)/t16?,23-/m0/s1. The maximum atomic E-state index is 15.1. The van der Waals surface area contributed by atoms with Crippen LogP contribution in [0.3, 0.4) is 0 Å². The molecule has 0 bridgehead atoms. The van der Waals surface area contributed by atoms with E-state index in [0.717, 1.165) is 24.9 Å². The third-order valence-electron chi connectivity index (χ3n) is 5.85. The Morgan fingerprint density at radius 2 is 2.07 bits per heavy atom. The lowest BCUT2D eigenvalue weighted by atomic mass is 9.72. The van der Waals surface area contributed by atoms with Crippen molar-refractivity contribution in [2.75, 3.05) is 19.6 Å². The topological polar surface area (TPSA) is 81.6 Å². The fourth-order valence-electron chi connectivity index (χ4n) is 4.36. The van der Waals surface area contributed by atoms with Crippen molar-refractivity contribution in [2.24, 2.45) is 5.92 Å². The second-order valence-electron chi connectivity index (χ2n) is 7.95. The van der Waals surface area contributed by atoms with Gasteiger partial charge in [0.25, 0.3) is 0 Å². The molecule has 7 heteroatoms. The molecule has 1 fully saturated rings. The summed E-state index contributed by atoms with van der Waals surface area (Å²) in [5.74, 6) is -1.35. The number of aliphatic hydroxyl groups is 1. The van der Waals surface area contributed by atoms with Crippen LogP contribution in [0.15, 0.2) is 36.4 Å². The number of nitrogens with one attached hydrogen (secondary N) is 2. The van der Waals surface area contributed by atoms with Gasteiger partial charge in [-0.25, -0.2) is 13.6 Å². The van der Waals surface area contributed by atoms with E-state index in [1.54, 1.807) is 25.1 Å². The van der Waals surface area contributed by atoms with Crippen LogP contribution in [-0.4, -0.2) is 35.9 Å². The van der Waals surface area contributed by atoms with Crippen LogP contribution in [0.2, 0.25) is 0 Å². The largest absolute Gasteiger partial charge is 0.465 e. The Morgan fingerprint density at radius 1 is 1.27 bits per heavy atom. The van der Waals surface area contributed by atoms with Gasteiger partial charge in [0, 0.05) is 30.1 Å². The molecule has 162 valence electrons.